The average molecular weight is 548 g/mol. The summed E-state index contributed by atoms with van der Waals surface area (Å²) in [7, 11) is 0. The third-order valence-electron chi connectivity index (χ3n) is 6.85. The summed E-state index contributed by atoms with van der Waals surface area (Å²) in [4.78, 5) is 44.1. The molecular weight excluding hydrogens is 509 g/mol. The Kier molecular flexibility index (Phi) is 11.0. The number of nitrogens with one attached hydrogen (secondary N) is 1. The number of nitrogens with zero attached hydrogens (tertiary/aromatic N) is 2. The van der Waals surface area contributed by atoms with Gasteiger partial charge in [0.25, 0.3) is 5.91 Å². The number of carbonyl (C=O) groups is 3. The van der Waals surface area contributed by atoms with Crippen LogP contribution >= 0.6 is 0 Å². The Morgan fingerprint density at radius 3 is 2.79 bits per heavy atom. The Balaban J connectivity index is 1.86. The summed E-state index contributed by atoms with van der Waals surface area (Å²) in [6.07, 6.45) is 6.33. The van der Waals surface area contributed by atoms with E-state index in [-0.39, 0.29) is 43.5 Å². The first-order chi connectivity index (χ1) is 18.6. The van der Waals surface area contributed by atoms with Crippen LogP contribution < -0.4 is 5.32 Å². The first kappa shape index (κ1) is 30.2. The lowest BCUT2D eigenvalue weighted by Crippen LogP contribution is -2.44. The first-order valence-electron chi connectivity index (χ1n) is 13.3. The minimum atomic E-state index is -1.47. The van der Waals surface area contributed by atoms with E-state index < -0.39 is 48.1 Å². The summed E-state index contributed by atoms with van der Waals surface area (Å²) in [6.45, 7) is 5.57. The summed E-state index contributed by atoms with van der Waals surface area (Å²) >= 11 is 0. The molecule has 10 nitrogen and oxygen atoms in total. The molecular formula is C28H38FN3O7. The number of esters is 1. The molecule has 1 aromatic heterocycles. The molecule has 2 bridgehead atoms. The second-order valence-electron chi connectivity index (χ2n) is 10.2. The number of rotatable bonds is 2. The van der Waals surface area contributed by atoms with Crippen molar-refractivity contribution in [3.05, 3.63) is 53.8 Å². The van der Waals surface area contributed by atoms with Gasteiger partial charge in [-0.25, -0.2) is 14.2 Å². The second kappa shape index (κ2) is 14.2. The van der Waals surface area contributed by atoms with Crippen molar-refractivity contribution in [3.63, 3.8) is 0 Å². The zero-order valence-electron chi connectivity index (χ0n) is 22.6. The molecule has 1 saturated heterocycles. The number of hydrogen-bond donors (Lipinski definition) is 3. The summed E-state index contributed by atoms with van der Waals surface area (Å²) < 4.78 is 25.7. The van der Waals surface area contributed by atoms with Crippen LogP contribution in [0.25, 0.3) is 0 Å². The van der Waals surface area contributed by atoms with Gasteiger partial charge in [-0.3, -0.25) is 9.59 Å². The van der Waals surface area contributed by atoms with Crippen LogP contribution in [0.2, 0.25) is 0 Å². The van der Waals surface area contributed by atoms with Gasteiger partial charge in [0.05, 0.1) is 12.5 Å². The standard InChI is InChI=1S/C28H38FN3O7/c1-17-6-4-10-30-24(35)9-8-18(2)26(19(3)15-33)39-28(37)23-7-5-11-32(23)27(36)22-16-38-25(31-22)14-20(29)13-21(34)12-17/h4,6,8-9,12,16,18-21,23,26,33-34H,5,7,10-11,13-15H2,1-3H3,(H,30,35)/b6-4?,9-8+,17-12?/t18-,19-,20-,21-,23-,26+/m1/s1. The van der Waals surface area contributed by atoms with E-state index >= 15 is 0 Å². The molecule has 6 atom stereocenters. The number of aliphatic hydroxyl groups is 2. The zero-order valence-corrected chi connectivity index (χ0v) is 22.6. The number of amides is 2. The maximum Gasteiger partial charge on any atom is 0.329 e. The summed E-state index contributed by atoms with van der Waals surface area (Å²) in [5, 5.41) is 22.7. The lowest BCUT2D eigenvalue weighted by atomic mass is 9.93. The van der Waals surface area contributed by atoms with Gasteiger partial charge in [0, 0.05) is 38.0 Å². The first-order valence-corrected chi connectivity index (χ1v) is 13.3. The Morgan fingerprint density at radius 1 is 1.28 bits per heavy atom. The van der Waals surface area contributed by atoms with Crippen LogP contribution in [0.4, 0.5) is 4.39 Å². The van der Waals surface area contributed by atoms with Crippen molar-refractivity contribution in [2.24, 2.45) is 11.8 Å². The molecule has 39 heavy (non-hydrogen) atoms. The van der Waals surface area contributed by atoms with E-state index in [4.69, 9.17) is 9.15 Å². The quantitative estimate of drug-likeness (QED) is 0.479. The number of oxazole rings is 1. The molecule has 2 aliphatic heterocycles. The van der Waals surface area contributed by atoms with Gasteiger partial charge in [-0.2, -0.15) is 0 Å². The number of carbonyl (C=O) groups excluding carboxylic acids is 3. The molecule has 0 unspecified atom stereocenters. The molecule has 1 aromatic rings. The van der Waals surface area contributed by atoms with Crippen molar-refractivity contribution in [3.8, 4) is 0 Å². The summed E-state index contributed by atoms with van der Waals surface area (Å²) in [6, 6.07) is -0.849. The van der Waals surface area contributed by atoms with Crippen LogP contribution in [0.5, 0.6) is 0 Å². The van der Waals surface area contributed by atoms with Gasteiger partial charge in [-0.15, -0.1) is 0 Å². The Bertz CT molecular complexity index is 1100. The summed E-state index contributed by atoms with van der Waals surface area (Å²) in [5.41, 5.74) is 0.651. The molecule has 2 aliphatic rings. The van der Waals surface area contributed by atoms with Gasteiger partial charge in [-0.05, 0) is 25.8 Å². The number of ether oxygens (including phenoxy) is 1. The molecule has 0 aliphatic carbocycles. The van der Waals surface area contributed by atoms with Crippen molar-refractivity contribution < 1.29 is 38.1 Å². The normalized spacial score (nSPS) is 29.7. The van der Waals surface area contributed by atoms with Crippen LogP contribution in [0.15, 0.2) is 46.6 Å². The van der Waals surface area contributed by atoms with E-state index in [1.807, 2.05) is 0 Å². The van der Waals surface area contributed by atoms with Crippen molar-refractivity contribution in [1.29, 1.82) is 0 Å². The van der Waals surface area contributed by atoms with Gasteiger partial charge in [0.15, 0.2) is 11.6 Å². The highest BCUT2D eigenvalue weighted by molar-refractivity contribution is 5.95. The second-order valence-corrected chi connectivity index (χ2v) is 10.2. The minimum absolute atomic E-state index is 0.0172. The third kappa shape index (κ3) is 8.59. The molecule has 0 aromatic carbocycles. The molecule has 214 valence electrons. The van der Waals surface area contributed by atoms with Crippen molar-refractivity contribution in [2.75, 3.05) is 19.7 Å². The van der Waals surface area contributed by atoms with Gasteiger partial charge in [0.1, 0.15) is 24.6 Å². The van der Waals surface area contributed by atoms with E-state index in [0.717, 1.165) is 6.26 Å². The maximum absolute atomic E-state index is 14.6. The Morgan fingerprint density at radius 2 is 2.05 bits per heavy atom. The van der Waals surface area contributed by atoms with Gasteiger partial charge < -0.3 is 29.6 Å². The molecule has 2 amide bonds. The fraction of sp³-hybridized carbons (Fsp3) is 0.571. The molecule has 0 radical (unpaired) electrons. The Labute approximate surface area is 227 Å². The highest BCUT2D eigenvalue weighted by Gasteiger charge is 2.39. The van der Waals surface area contributed by atoms with E-state index in [2.05, 4.69) is 10.3 Å². The highest BCUT2D eigenvalue weighted by atomic mass is 19.1. The van der Waals surface area contributed by atoms with Gasteiger partial charge in [0.2, 0.25) is 5.91 Å². The number of fused-ring (bicyclic) bond motifs is 3. The van der Waals surface area contributed by atoms with E-state index in [0.29, 0.717) is 25.0 Å². The van der Waals surface area contributed by atoms with Crippen molar-refractivity contribution >= 4 is 17.8 Å². The lowest BCUT2D eigenvalue weighted by molar-refractivity contribution is -0.159. The topological polar surface area (TPSA) is 142 Å². The van der Waals surface area contributed by atoms with Gasteiger partial charge >= 0.3 is 5.97 Å². The fourth-order valence-corrected chi connectivity index (χ4v) is 4.74. The zero-order chi connectivity index (χ0) is 28.5. The third-order valence-corrected chi connectivity index (χ3v) is 6.85. The highest BCUT2D eigenvalue weighted by Crippen LogP contribution is 2.25. The Hall–Kier alpha value is -3.31. The van der Waals surface area contributed by atoms with E-state index in [9.17, 15) is 29.0 Å². The minimum Gasteiger partial charge on any atom is -0.460 e. The smallest absolute Gasteiger partial charge is 0.329 e. The van der Waals surface area contributed by atoms with Crippen LogP contribution in [-0.2, 0) is 20.7 Å². The van der Waals surface area contributed by atoms with Gasteiger partial charge in [-0.1, -0.05) is 43.7 Å². The molecule has 3 heterocycles. The van der Waals surface area contributed by atoms with Crippen LogP contribution in [0, 0.1) is 11.8 Å². The SMILES string of the molecule is CC1=C[C@@H](O)C[C@@H](F)Cc2nc(co2)C(=O)N2CCC[C@@H]2C(=O)O[C@H]([C@H](C)CO)[C@H](C)/C=C/C(=O)NCC=C1. The molecule has 1 fully saturated rings. The van der Waals surface area contributed by atoms with Crippen LogP contribution in [0.3, 0.4) is 0 Å². The van der Waals surface area contributed by atoms with Crippen molar-refractivity contribution in [1.82, 2.24) is 15.2 Å². The number of hydrogen-bond acceptors (Lipinski definition) is 8. The average Bonchev–Trinajstić information content (AvgIpc) is 3.57. The maximum atomic E-state index is 14.6. The predicted octanol–water partition coefficient (Wildman–Crippen LogP) is 2.28. The van der Waals surface area contributed by atoms with Crippen LogP contribution in [0.1, 0.15) is 56.4 Å². The monoisotopic (exact) mass is 547 g/mol. The van der Waals surface area contributed by atoms with E-state index in [1.54, 1.807) is 39.0 Å². The number of allylic oxidation sites excluding steroid dienone is 2. The molecule has 3 N–H and O–H groups in total. The number of aromatic nitrogens is 1. The molecule has 0 saturated carbocycles. The van der Waals surface area contributed by atoms with Crippen molar-refractivity contribution in [2.45, 2.75) is 70.9 Å². The molecule has 11 heteroatoms. The summed E-state index contributed by atoms with van der Waals surface area (Å²) in [5.74, 6) is -2.29. The largest absolute Gasteiger partial charge is 0.460 e. The van der Waals surface area contributed by atoms with Crippen LogP contribution in [-0.4, -0.2) is 82.0 Å². The predicted molar refractivity (Wildman–Crippen MR) is 140 cm³/mol. The lowest BCUT2D eigenvalue weighted by Gasteiger charge is -2.30. The molecule has 0 spiro atoms. The van der Waals surface area contributed by atoms with E-state index in [1.165, 1.54) is 17.1 Å². The fourth-order valence-electron chi connectivity index (χ4n) is 4.74. The molecule has 3 rings (SSSR count). The number of aliphatic hydroxyl groups excluding tert-OH is 2. The number of halogens is 1. The number of alkyl halides is 1. The number of cyclic esters (lactones) is 1.